The highest BCUT2D eigenvalue weighted by atomic mass is 16.7. The Morgan fingerprint density at radius 3 is 1.82 bits per heavy atom. The minimum atomic E-state index is -0.328. The molecule has 2 saturated heterocycles. The molecule has 3 atom stereocenters. The quantitative estimate of drug-likeness (QED) is 0.0672. The van der Waals surface area contributed by atoms with E-state index in [0.717, 1.165) is 78.4 Å². The summed E-state index contributed by atoms with van der Waals surface area (Å²) in [5, 5.41) is 7.06. The van der Waals surface area contributed by atoms with E-state index in [1.165, 1.54) is 22.3 Å². The van der Waals surface area contributed by atoms with Crippen LogP contribution in [0.5, 0.6) is 0 Å². The number of anilines is 1. The van der Waals surface area contributed by atoms with E-state index < -0.39 is 0 Å². The van der Waals surface area contributed by atoms with Crippen molar-refractivity contribution in [2.75, 3.05) is 71.1 Å². The molecule has 61 heavy (non-hydrogen) atoms. The fourth-order valence-electron chi connectivity index (χ4n) is 8.19. The maximum atomic E-state index is 13.1. The maximum Gasteiger partial charge on any atom is 0.280 e. The predicted octanol–water partition coefficient (Wildman–Crippen LogP) is 5.88. The first-order chi connectivity index (χ1) is 30.1. The average molecular weight is 826 g/mol. The van der Waals surface area contributed by atoms with Crippen LogP contribution in [0.3, 0.4) is 0 Å². The Bertz CT molecular complexity index is 2230. The van der Waals surface area contributed by atoms with Gasteiger partial charge < -0.3 is 24.8 Å². The number of aromatic amines is 1. The van der Waals surface area contributed by atoms with E-state index in [1.807, 2.05) is 4.57 Å². The number of benzene rings is 4. The van der Waals surface area contributed by atoms with Crippen LogP contribution < -0.4 is 16.2 Å². The third-order valence-electron chi connectivity index (χ3n) is 11.5. The van der Waals surface area contributed by atoms with Gasteiger partial charge >= 0.3 is 0 Å². The summed E-state index contributed by atoms with van der Waals surface area (Å²) in [6.45, 7) is 11.4. The van der Waals surface area contributed by atoms with E-state index in [4.69, 9.17) is 19.2 Å². The molecule has 0 radical (unpaired) electrons. The molecule has 4 aromatic carbocycles. The van der Waals surface area contributed by atoms with Gasteiger partial charge in [0.2, 0.25) is 5.95 Å². The number of imidazole rings is 1. The van der Waals surface area contributed by atoms with Crippen LogP contribution in [0.15, 0.2) is 132 Å². The molecule has 13 heteroatoms. The van der Waals surface area contributed by atoms with Gasteiger partial charge in [-0.1, -0.05) is 121 Å². The molecule has 0 saturated carbocycles. The summed E-state index contributed by atoms with van der Waals surface area (Å²) in [7, 11) is 0. The average Bonchev–Trinajstić information content (AvgIpc) is 3.93. The van der Waals surface area contributed by atoms with Crippen molar-refractivity contribution < 1.29 is 14.2 Å². The Balaban J connectivity index is 0.898. The Kier molecular flexibility index (Phi) is 15.3. The van der Waals surface area contributed by atoms with Crippen molar-refractivity contribution in [2.24, 2.45) is 0 Å². The third-order valence-corrected chi connectivity index (χ3v) is 11.5. The number of hydrogen-bond donors (Lipinski definition) is 3. The second-order valence-corrected chi connectivity index (χ2v) is 16.0. The largest absolute Gasteiger partial charge is 0.356 e. The number of aromatic nitrogens is 4. The number of rotatable bonds is 23. The topological polar surface area (TPSA) is 125 Å². The van der Waals surface area contributed by atoms with Crippen LogP contribution in [0.25, 0.3) is 11.2 Å². The Morgan fingerprint density at radius 2 is 1.23 bits per heavy atom. The van der Waals surface area contributed by atoms with Gasteiger partial charge in [0.15, 0.2) is 11.2 Å². The van der Waals surface area contributed by atoms with Crippen molar-refractivity contribution in [3.8, 4) is 0 Å². The summed E-state index contributed by atoms with van der Waals surface area (Å²) < 4.78 is 19.2. The summed E-state index contributed by atoms with van der Waals surface area (Å²) in [6.07, 6.45) is 2.62. The smallest absolute Gasteiger partial charge is 0.280 e. The molecule has 0 bridgehead atoms. The van der Waals surface area contributed by atoms with Crippen molar-refractivity contribution in [3.63, 3.8) is 0 Å². The number of nitrogens with zero attached hydrogens (tertiary/aromatic N) is 6. The Morgan fingerprint density at radius 1 is 0.672 bits per heavy atom. The molecular weight excluding hydrogens is 767 g/mol. The highest BCUT2D eigenvalue weighted by molar-refractivity contribution is 5.70. The number of fused-ring (bicyclic) bond motifs is 2. The second kappa shape index (κ2) is 22.0. The van der Waals surface area contributed by atoms with E-state index in [-0.39, 0.29) is 36.3 Å². The first kappa shape index (κ1) is 42.4. The van der Waals surface area contributed by atoms with Gasteiger partial charge in [-0.05, 0) is 28.7 Å². The lowest BCUT2D eigenvalue weighted by atomic mass is 10.2. The molecule has 0 amide bonds. The zero-order valence-corrected chi connectivity index (χ0v) is 35.0. The maximum absolute atomic E-state index is 13.1. The molecule has 0 aliphatic carbocycles. The highest BCUT2D eigenvalue weighted by Gasteiger charge is 2.40. The molecule has 13 nitrogen and oxygen atoms in total. The number of nitrogens with one attached hydrogen (secondary N) is 3. The van der Waals surface area contributed by atoms with Gasteiger partial charge in [-0.2, -0.15) is 4.98 Å². The monoisotopic (exact) mass is 825 g/mol. The number of H-pyrrole nitrogens is 1. The van der Waals surface area contributed by atoms with Crippen molar-refractivity contribution in [1.29, 1.82) is 0 Å². The van der Waals surface area contributed by atoms with Crippen molar-refractivity contribution >= 4 is 17.1 Å². The van der Waals surface area contributed by atoms with E-state index in [1.54, 1.807) is 6.33 Å². The number of ether oxygens (including phenoxy) is 3. The number of hydrogen-bond acceptors (Lipinski definition) is 11. The fraction of sp³-hybridized carbons (Fsp3) is 0.396. The molecule has 3 unspecified atom stereocenters. The van der Waals surface area contributed by atoms with Gasteiger partial charge in [-0.25, -0.2) is 4.98 Å². The lowest BCUT2D eigenvalue weighted by Crippen LogP contribution is -2.41. The standard InChI is InChI=1S/C48H59N9O4/c58-47-45-46(57(36-51-45)44-30-42-43(61-44)35-59-37-60-42)52-48(53-47)50-22-13-24-54(32-39-16-7-2-8-17-39)26-28-56(34-41-20-11-4-12-21-41)29-27-55(33-40-18-9-3-10-19-40)25-23-49-31-38-14-5-1-6-15-38/h1-12,14-21,36,42-44,49H,13,22-35,37H2,(H2,50,52,53,58). The van der Waals surface area contributed by atoms with Gasteiger partial charge in [0.05, 0.1) is 19.0 Å². The molecule has 4 heterocycles. The van der Waals surface area contributed by atoms with Crippen molar-refractivity contribution in [1.82, 2.24) is 39.5 Å². The molecule has 2 aliphatic heterocycles. The predicted molar refractivity (Wildman–Crippen MR) is 239 cm³/mol. The van der Waals surface area contributed by atoms with Crippen LogP contribution in [-0.2, 0) is 40.4 Å². The first-order valence-corrected chi connectivity index (χ1v) is 21.7. The zero-order valence-electron chi connectivity index (χ0n) is 35.0. The summed E-state index contributed by atoms with van der Waals surface area (Å²) >= 11 is 0. The van der Waals surface area contributed by atoms with E-state index in [2.05, 4.69) is 157 Å². The summed E-state index contributed by atoms with van der Waals surface area (Å²) in [6, 6.07) is 42.9. The van der Waals surface area contributed by atoms with Crippen molar-refractivity contribution in [2.45, 2.75) is 57.5 Å². The molecule has 2 aliphatic rings. The SMILES string of the molecule is O=c1[nH]c(NCCCN(CCN(CCN(CCNCc2ccccc2)Cc2ccccc2)Cc2ccccc2)Cc2ccccc2)nc2c1ncn2C1CC2OCOCC2O1. The second-order valence-electron chi connectivity index (χ2n) is 16.0. The molecular formula is C48H59N9O4. The van der Waals surface area contributed by atoms with Crippen LogP contribution in [-0.4, -0.2) is 112 Å². The minimum Gasteiger partial charge on any atom is -0.356 e. The lowest BCUT2D eigenvalue weighted by molar-refractivity contribution is -0.182. The van der Waals surface area contributed by atoms with Crippen LogP contribution in [0, 0.1) is 0 Å². The molecule has 6 aromatic rings. The fourth-order valence-corrected chi connectivity index (χ4v) is 8.19. The lowest BCUT2D eigenvalue weighted by Gasteiger charge is -2.30. The van der Waals surface area contributed by atoms with Gasteiger partial charge in [-0.15, -0.1) is 0 Å². The molecule has 8 rings (SSSR count). The Labute approximate surface area is 358 Å². The van der Waals surface area contributed by atoms with E-state index in [9.17, 15) is 4.79 Å². The molecule has 3 N–H and O–H groups in total. The highest BCUT2D eigenvalue weighted by Crippen LogP contribution is 2.34. The summed E-state index contributed by atoms with van der Waals surface area (Å²) in [4.78, 5) is 32.9. The van der Waals surface area contributed by atoms with Crippen LogP contribution in [0.4, 0.5) is 5.95 Å². The summed E-state index contributed by atoms with van der Waals surface area (Å²) in [5.74, 6) is 0.424. The van der Waals surface area contributed by atoms with E-state index in [0.29, 0.717) is 31.2 Å². The van der Waals surface area contributed by atoms with Gasteiger partial charge in [0, 0.05) is 85.0 Å². The van der Waals surface area contributed by atoms with Gasteiger partial charge in [0.1, 0.15) is 19.1 Å². The van der Waals surface area contributed by atoms with Crippen LogP contribution >= 0.6 is 0 Å². The van der Waals surface area contributed by atoms with Crippen LogP contribution in [0.1, 0.15) is 41.3 Å². The zero-order chi connectivity index (χ0) is 41.5. The van der Waals surface area contributed by atoms with Crippen LogP contribution in [0.2, 0.25) is 0 Å². The van der Waals surface area contributed by atoms with Crippen molar-refractivity contribution in [3.05, 3.63) is 160 Å². The Hall–Kier alpha value is -5.25. The molecule has 2 fully saturated rings. The molecule has 320 valence electrons. The summed E-state index contributed by atoms with van der Waals surface area (Å²) in [5.41, 5.74) is 5.75. The van der Waals surface area contributed by atoms with E-state index >= 15 is 0 Å². The van der Waals surface area contributed by atoms with Gasteiger partial charge in [0.25, 0.3) is 5.56 Å². The first-order valence-electron chi connectivity index (χ1n) is 21.7. The molecule has 0 spiro atoms. The molecule has 2 aromatic heterocycles. The normalized spacial score (nSPS) is 17.7. The minimum absolute atomic E-state index is 0.0488. The van der Waals surface area contributed by atoms with Gasteiger partial charge in [-0.3, -0.25) is 29.0 Å². The third kappa shape index (κ3) is 12.4.